The van der Waals surface area contributed by atoms with Crippen LogP contribution in [0.15, 0.2) is 0 Å². The van der Waals surface area contributed by atoms with E-state index in [1.165, 1.54) is 18.4 Å². The number of amides is 1. The summed E-state index contributed by atoms with van der Waals surface area (Å²) in [4.78, 5) is 23.2. The molecule has 2 unspecified atom stereocenters. The van der Waals surface area contributed by atoms with Crippen molar-refractivity contribution in [2.75, 3.05) is 20.2 Å². The number of carboxylic acid groups (broad SMARTS) is 1. The Kier molecular flexibility index (Phi) is 5.41. The molecule has 0 bridgehead atoms. The highest BCUT2D eigenvalue weighted by atomic mass is 16.5. The van der Waals surface area contributed by atoms with E-state index >= 15 is 0 Å². The first-order chi connectivity index (χ1) is 8.00. The summed E-state index contributed by atoms with van der Waals surface area (Å²) in [7, 11) is 1.48. The Morgan fingerprint density at radius 1 is 1.35 bits per heavy atom. The molecule has 0 aliphatic heterocycles. The highest BCUT2D eigenvalue weighted by Gasteiger charge is 2.23. The van der Waals surface area contributed by atoms with Crippen molar-refractivity contribution in [1.82, 2.24) is 4.90 Å². The van der Waals surface area contributed by atoms with E-state index in [2.05, 4.69) is 6.92 Å². The van der Waals surface area contributed by atoms with Gasteiger partial charge in [-0.05, 0) is 18.8 Å². The fourth-order valence-electron chi connectivity index (χ4n) is 2.11. The van der Waals surface area contributed by atoms with Gasteiger partial charge in [-0.15, -0.1) is 0 Å². The van der Waals surface area contributed by atoms with Crippen LogP contribution < -0.4 is 0 Å². The SMILES string of the molecule is CC1CCCCC1OCC(=O)N(C)CC(=O)O. The molecule has 1 rings (SSSR count). The Labute approximate surface area is 102 Å². The average molecular weight is 243 g/mol. The summed E-state index contributed by atoms with van der Waals surface area (Å²) in [6.07, 6.45) is 4.66. The third kappa shape index (κ3) is 4.73. The molecule has 1 aliphatic carbocycles. The summed E-state index contributed by atoms with van der Waals surface area (Å²) in [5.74, 6) is -0.793. The zero-order valence-electron chi connectivity index (χ0n) is 10.5. The molecule has 17 heavy (non-hydrogen) atoms. The first-order valence-electron chi connectivity index (χ1n) is 6.08. The minimum atomic E-state index is -1.01. The first-order valence-corrected chi connectivity index (χ1v) is 6.08. The molecule has 0 heterocycles. The molecule has 0 aromatic carbocycles. The van der Waals surface area contributed by atoms with Crippen LogP contribution in [0.5, 0.6) is 0 Å². The van der Waals surface area contributed by atoms with Gasteiger partial charge in [-0.25, -0.2) is 0 Å². The molecule has 1 amide bonds. The molecule has 1 saturated carbocycles. The second kappa shape index (κ2) is 6.59. The largest absolute Gasteiger partial charge is 0.480 e. The van der Waals surface area contributed by atoms with Gasteiger partial charge >= 0.3 is 5.97 Å². The Hall–Kier alpha value is -1.10. The predicted octanol–water partition coefficient (Wildman–Crippen LogP) is 1.12. The van der Waals surface area contributed by atoms with E-state index in [0.29, 0.717) is 5.92 Å². The van der Waals surface area contributed by atoms with Crippen LogP contribution in [-0.4, -0.2) is 48.2 Å². The first kappa shape index (κ1) is 14.0. The molecule has 5 heteroatoms. The van der Waals surface area contributed by atoms with Crippen LogP contribution in [0, 0.1) is 5.92 Å². The van der Waals surface area contributed by atoms with Crippen LogP contribution >= 0.6 is 0 Å². The van der Waals surface area contributed by atoms with Crippen LogP contribution in [0.3, 0.4) is 0 Å². The maximum atomic E-state index is 11.6. The summed E-state index contributed by atoms with van der Waals surface area (Å²) in [5, 5.41) is 8.56. The molecule has 0 aromatic rings. The molecule has 2 atom stereocenters. The zero-order valence-corrected chi connectivity index (χ0v) is 10.5. The lowest BCUT2D eigenvalue weighted by molar-refractivity contribution is -0.147. The van der Waals surface area contributed by atoms with Crippen molar-refractivity contribution in [3.8, 4) is 0 Å². The quantitative estimate of drug-likeness (QED) is 0.786. The van der Waals surface area contributed by atoms with Gasteiger partial charge in [0.1, 0.15) is 13.2 Å². The lowest BCUT2D eigenvalue weighted by Crippen LogP contribution is -2.37. The van der Waals surface area contributed by atoms with Gasteiger partial charge < -0.3 is 14.7 Å². The smallest absolute Gasteiger partial charge is 0.323 e. The zero-order chi connectivity index (χ0) is 12.8. The number of carbonyl (C=O) groups excluding carboxylic acids is 1. The van der Waals surface area contributed by atoms with Crippen molar-refractivity contribution in [2.45, 2.75) is 38.7 Å². The Bertz CT molecular complexity index is 280. The van der Waals surface area contributed by atoms with Gasteiger partial charge in [0.2, 0.25) is 5.91 Å². The second-order valence-corrected chi connectivity index (χ2v) is 4.75. The summed E-state index contributed by atoms with van der Waals surface area (Å²) < 4.78 is 5.58. The van der Waals surface area contributed by atoms with E-state index in [0.717, 1.165) is 19.3 Å². The molecule has 1 fully saturated rings. The molecule has 98 valence electrons. The van der Waals surface area contributed by atoms with Crippen molar-refractivity contribution < 1.29 is 19.4 Å². The number of carboxylic acids is 1. The van der Waals surface area contributed by atoms with Crippen molar-refractivity contribution in [2.24, 2.45) is 5.92 Å². The van der Waals surface area contributed by atoms with E-state index in [1.807, 2.05) is 0 Å². The second-order valence-electron chi connectivity index (χ2n) is 4.75. The molecule has 0 radical (unpaired) electrons. The van der Waals surface area contributed by atoms with E-state index in [1.54, 1.807) is 0 Å². The molecule has 5 nitrogen and oxygen atoms in total. The Balaban J connectivity index is 2.29. The minimum Gasteiger partial charge on any atom is -0.480 e. The van der Waals surface area contributed by atoms with Crippen LogP contribution in [0.1, 0.15) is 32.6 Å². The number of ether oxygens (including phenoxy) is 1. The van der Waals surface area contributed by atoms with Gasteiger partial charge in [0.25, 0.3) is 0 Å². The fraction of sp³-hybridized carbons (Fsp3) is 0.833. The maximum Gasteiger partial charge on any atom is 0.323 e. The Morgan fingerprint density at radius 2 is 2.00 bits per heavy atom. The standard InChI is InChI=1S/C12H21NO4/c1-9-5-3-4-6-10(9)17-8-11(14)13(2)7-12(15)16/h9-10H,3-8H2,1-2H3,(H,15,16). The van der Waals surface area contributed by atoms with Crippen molar-refractivity contribution in [3.05, 3.63) is 0 Å². The summed E-state index contributed by atoms with van der Waals surface area (Å²) in [6, 6.07) is 0. The van der Waals surface area contributed by atoms with Crippen LogP contribution in [0.4, 0.5) is 0 Å². The van der Waals surface area contributed by atoms with Gasteiger partial charge in [-0.3, -0.25) is 9.59 Å². The monoisotopic (exact) mass is 243 g/mol. The summed E-state index contributed by atoms with van der Waals surface area (Å²) in [5.41, 5.74) is 0. The van der Waals surface area contributed by atoms with E-state index in [4.69, 9.17) is 9.84 Å². The van der Waals surface area contributed by atoms with Crippen LogP contribution in [-0.2, 0) is 14.3 Å². The number of rotatable bonds is 5. The highest BCUT2D eigenvalue weighted by Crippen LogP contribution is 2.26. The number of carbonyl (C=O) groups is 2. The molecular weight excluding hydrogens is 222 g/mol. The van der Waals surface area contributed by atoms with E-state index < -0.39 is 5.97 Å². The van der Waals surface area contributed by atoms with E-state index in [-0.39, 0.29) is 25.2 Å². The highest BCUT2D eigenvalue weighted by molar-refractivity contribution is 5.81. The van der Waals surface area contributed by atoms with Crippen molar-refractivity contribution in [1.29, 1.82) is 0 Å². The van der Waals surface area contributed by atoms with Crippen LogP contribution in [0.25, 0.3) is 0 Å². The summed E-state index contributed by atoms with van der Waals surface area (Å²) in [6.45, 7) is 1.84. The molecule has 1 N–H and O–H groups in total. The maximum absolute atomic E-state index is 11.6. The van der Waals surface area contributed by atoms with Crippen LogP contribution in [0.2, 0.25) is 0 Å². The van der Waals surface area contributed by atoms with Gasteiger partial charge in [0.05, 0.1) is 6.10 Å². The van der Waals surface area contributed by atoms with Gasteiger partial charge in [0.15, 0.2) is 0 Å². The molecule has 0 saturated heterocycles. The lowest BCUT2D eigenvalue weighted by Gasteiger charge is -2.29. The number of hydrogen-bond donors (Lipinski definition) is 1. The lowest BCUT2D eigenvalue weighted by atomic mass is 9.88. The normalized spacial score (nSPS) is 24.4. The fourth-order valence-corrected chi connectivity index (χ4v) is 2.11. The van der Waals surface area contributed by atoms with Gasteiger partial charge in [0, 0.05) is 7.05 Å². The third-order valence-corrected chi connectivity index (χ3v) is 3.25. The molecule has 1 aliphatic rings. The molecule has 0 aromatic heterocycles. The number of aliphatic carboxylic acids is 1. The predicted molar refractivity (Wildman–Crippen MR) is 62.6 cm³/mol. The van der Waals surface area contributed by atoms with Gasteiger partial charge in [-0.1, -0.05) is 19.8 Å². The van der Waals surface area contributed by atoms with Crippen molar-refractivity contribution in [3.63, 3.8) is 0 Å². The number of nitrogens with zero attached hydrogens (tertiary/aromatic N) is 1. The van der Waals surface area contributed by atoms with Gasteiger partial charge in [-0.2, -0.15) is 0 Å². The summed E-state index contributed by atoms with van der Waals surface area (Å²) >= 11 is 0. The number of likely N-dealkylation sites (N-methyl/N-ethyl adjacent to an activating group) is 1. The average Bonchev–Trinajstić information content (AvgIpc) is 2.26. The topological polar surface area (TPSA) is 66.8 Å². The number of hydrogen-bond acceptors (Lipinski definition) is 3. The molecular formula is C12H21NO4. The van der Waals surface area contributed by atoms with Crippen molar-refractivity contribution >= 4 is 11.9 Å². The van der Waals surface area contributed by atoms with E-state index in [9.17, 15) is 9.59 Å². The third-order valence-electron chi connectivity index (χ3n) is 3.25. The Morgan fingerprint density at radius 3 is 2.59 bits per heavy atom. The molecule has 0 spiro atoms. The minimum absolute atomic E-state index is 0.0151.